The Hall–Kier alpha value is 0.120. The van der Waals surface area contributed by atoms with Gasteiger partial charge in [-0.15, -0.1) is 12.4 Å². The van der Waals surface area contributed by atoms with Gasteiger partial charge in [0.05, 0.1) is 6.26 Å². The maximum absolute atomic E-state index is 11.6. The van der Waals surface area contributed by atoms with Crippen LogP contribution < -0.4 is 5.32 Å². The predicted octanol–water partition coefficient (Wildman–Crippen LogP) is 0.375. The standard InChI is InChI=1S/C12H25N3O2S.ClH/c1-18(16,17)15-8-2-4-12(11-15)10-14-7-3-5-13-6-9-14;/h12-13H,2-11H2,1H3;1H. The van der Waals surface area contributed by atoms with Crippen molar-refractivity contribution in [3.8, 4) is 0 Å². The Labute approximate surface area is 123 Å². The predicted molar refractivity (Wildman–Crippen MR) is 80.3 cm³/mol. The van der Waals surface area contributed by atoms with Gasteiger partial charge in [0.2, 0.25) is 10.0 Å². The van der Waals surface area contributed by atoms with E-state index in [1.54, 1.807) is 4.31 Å². The molecule has 1 unspecified atom stereocenters. The highest BCUT2D eigenvalue weighted by Gasteiger charge is 2.27. The Balaban J connectivity index is 0.00000180. The van der Waals surface area contributed by atoms with Crippen LogP contribution in [-0.2, 0) is 10.0 Å². The SMILES string of the molecule is CS(=O)(=O)N1CCCC(CN2CCCNCC2)C1.Cl. The number of halogens is 1. The molecule has 2 saturated heterocycles. The molecule has 0 amide bonds. The van der Waals surface area contributed by atoms with Crippen molar-refractivity contribution in [1.82, 2.24) is 14.5 Å². The highest BCUT2D eigenvalue weighted by Crippen LogP contribution is 2.19. The molecule has 0 aromatic carbocycles. The van der Waals surface area contributed by atoms with Crippen LogP contribution in [0.5, 0.6) is 0 Å². The molecule has 2 rings (SSSR count). The van der Waals surface area contributed by atoms with E-state index in [1.807, 2.05) is 0 Å². The Kier molecular flexibility index (Phi) is 7.04. The summed E-state index contributed by atoms with van der Waals surface area (Å²) in [6.07, 6.45) is 4.69. The Bertz CT molecular complexity index is 356. The van der Waals surface area contributed by atoms with Crippen LogP contribution in [0.2, 0.25) is 0 Å². The van der Waals surface area contributed by atoms with Crippen LogP contribution >= 0.6 is 12.4 Å². The van der Waals surface area contributed by atoms with Crippen molar-refractivity contribution in [2.24, 2.45) is 5.92 Å². The number of hydrogen-bond acceptors (Lipinski definition) is 4. The van der Waals surface area contributed by atoms with Crippen molar-refractivity contribution in [2.45, 2.75) is 19.3 Å². The molecule has 2 aliphatic heterocycles. The lowest BCUT2D eigenvalue weighted by atomic mass is 9.99. The molecule has 5 nitrogen and oxygen atoms in total. The first-order valence-electron chi connectivity index (χ1n) is 6.94. The van der Waals surface area contributed by atoms with Crippen LogP contribution in [0, 0.1) is 5.92 Å². The Morgan fingerprint density at radius 2 is 1.95 bits per heavy atom. The zero-order valence-electron chi connectivity index (χ0n) is 11.7. The van der Waals surface area contributed by atoms with Gasteiger partial charge in [-0.25, -0.2) is 12.7 Å². The molecule has 19 heavy (non-hydrogen) atoms. The number of sulfonamides is 1. The molecule has 1 atom stereocenters. The molecule has 2 heterocycles. The summed E-state index contributed by atoms with van der Waals surface area (Å²) in [6, 6.07) is 0. The second kappa shape index (κ2) is 7.78. The molecule has 114 valence electrons. The van der Waals surface area contributed by atoms with Crippen LogP contribution in [0.25, 0.3) is 0 Å². The van der Waals surface area contributed by atoms with Crippen molar-refractivity contribution in [3.63, 3.8) is 0 Å². The van der Waals surface area contributed by atoms with Crippen LogP contribution in [-0.4, -0.2) is 69.7 Å². The van der Waals surface area contributed by atoms with Crippen LogP contribution in [0.1, 0.15) is 19.3 Å². The van der Waals surface area contributed by atoms with Crippen molar-refractivity contribution in [1.29, 1.82) is 0 Å². The van der Waals surface area contributed by atoms with Crippen LogP contribution in [0.15, 0.2) is 0 Å². The first kappa shape index (κ1) is 17.2. The second-order valence-electron chi connectivity index (χ2n) is 5.53. The molecular formula is C12H26ClN3O2S. The van der Waals surface area contributed by atoms with Gasteiger partial charge in [-0.05, 0) is 38.3 Å². The molecule has 0 aromatic heterocycles. The van der Waals surface area contributed by atoms with Gasteiger partial charge < -0.3 is 10.2 Å². The molecule has 0 aliphatic carbocycles. The summed E-state index contributed by atoms with van der Waals surface area (Å²) in [6.45, 7) is 6.87. The van der Waals surface area contributed by atoms with E-state index < -0.39 is 10.0 Å². The number of nitrogens with one attached hydrogen (secondary N) is 1. The van der Waals surface area contributed by atoms with E-state index in [0.29, 0.717) is 19.0 Å². The molecule has 0 radical (unpaired) electrons. The van der Waals surface area contributed by atoms with Crippen molar-refractivity contribution in [2.75, 3.05) is 52.1 Å². The molecule has 0 bridgehead atoms. The minimum atomic E-state index is -3.00. The fourth-order valence-electron chi connectivity index (χ4n) is 2.93. The van der Waals surface area contributed by atoms with Gasteiger partial charge in [-0.1, -0.05) is 0 Å². The van der Waals surface area contributed by atoms with Gasteiger partial charge in [0.15, 0.2) is 0 Å². The molecule has 2 fully saturated rings. The number of rotatable bonds is 3. The molecule has 0 aromatic rings. The average Bonchev–Trinajstić information content (AvgIpc) is 2.57. The minimum absolute atomic E-state index is 0. The molecule has 7 heteroatoms. The zero-order valence-corrected chi connectivity index (χ0v) is 13.3. The summed E-state index contributed by atoms with van der Waals surface area (Å²) in [5, 5.41) is 3.40. The lowest BCUT2D eigenvalue weighted by molar-refractivity contribution is 0.185. The van der Waals surface area contributed by atoms with Crippen LogP contribution in [0.4, 0.5) is 0 Å². The fourth-order valence-corrected chi connectivity index (χ4v) is 3.87. The van der Waals surface area contributed by atoms with E-state index in [2.05, 4.69) is 10.2 Å². The highest BCUT2D eigenvalue weighted by molar-refractivity contribution is 7.88. The first-order chi connectivity index (χ1) is 8.55. The van der Waals surface area contributed by atoms with Gasteiger partial charge in [0.1, 0.15) is 0 Å². The van der Waals surface area contributed by atoms with Gasteiger partial charge in [0, 0.05) is 32.7 Å². The molecular weight excluding hydrogens is 286 g/mol. The van der Waals surface area contributed by atoms with Crippen molar-refractivity contribution in [3.05, 3.63) is 0 Å². The van der Waals surface area contributed by atoms with E-state index in [-0.39, 0.29) is 12.4 Å². The third-order valence-corrected chi connectivity index (χ3v) is 5.17. The van der Waals surface area contributed by atoms with E-state index in [0.717, 1.165) is 45.6 Å². The molecule has 0 spiro atoms. The number of nitrogens with zero attached hydrogens (tertiary/aromatic N) is 2. The molecule has 1 N–H and O–H groups in total. The summed E-state index contributed by atoms with van der Waals surface area (Å²) in [5.41, 5.74) is 0. The van der Waals surface area contributed by atoms with Gasteiger partial charge in [-0.2, -0.15) is 0 Å². The lowest BCUT2D eigenvalue weighted by Crippen LogP contribution is -2.43. The highest BCUT2D eigenvalue weighted by atomic mass is 35.5. The third kappa shape index (κ3) is 5.55. The van der Waals surface area contributed by atoms with Crippen molar-refractivity contribution >= 4 is 22.4 Å². The summed E-state index contributed by atoms with van der Waals surface area (Å²) in [4.78, 5) is 2.48. The summed E-state index contributed by atoms with van der Waals surface area (Å²) < 4.78 is 24.8. The molecule has 2 aliphatic rings. The maximum Gasteiger partial charge on any atom is 0.211 e. The van der Waals surface area contributed by atoms with Crippen LogP contribution in [0.3, 0.4) is 0 Å². The van der Waals surface area contributed by atoms with E-state index in [4.69, 9.17) is 0 Å². The largest absolute Gasteiger partial charge is 0.315 e. The third-order valence-electron chi connectivity index (χ3n) is 3.90. The number of hydrogen-bond donors (Lipinski definition) is 1. The normalized spacial score (nSPS) is 27.5. The average molecular weight is 312 g/mol. The maximum atomic E-state index is 11.6. The smallest absolute Gasteiger partial charge is 0.211 e. The Morgan fingerprint density at radius 3 is 2.68 bits per heavy atom. The van der Waals surface area contributed by atoms with E-state index in [1.165, 1.54) is 12.7 Å². The first-order valence-corrected chi connectivity index (χ1v) is 8.79. The summed E-state index contributed by atoms with van der Waals surface area (Å²) in [7, 11) is -3.00. The number of piperidine rings is 1. The van der Waals surface area contributed by atoms with Gasteiger partial charge in [-0.3, -0.25) is 0 Å². The van der Waals surface area contributed by atoms with E-state index in [9.17, 15) is 8.42 Å². The Morgan fingerprint density at radius 1 is 1.16 bits per heavy atom. The molecule has 0 saturated carbocycles. The zero-order chi connectivity index (χ0) is 13.0. The van der Waals surface area contributed by atoms with E-state index >= 15 is 0 Å². The topological polar surface area (TPSA) is 52.7 Å². The minimum Gasteiger partial charge on any atom is -0.315 e. The van der Waals surface area contributed by atoms with Gasteiger partial charge in [0.25, 0.3) is 0 Å². The van der Waals surface area contributed by atoms with Crippen molar-refractivity contribution < 1.29 is 8.42 Å². The lowest BCUT2D eigenvalue weighted by Gasteiger charge is -2.34. The van der Waals surface area contributed by atoms with Gasteiger partial charge >= 0.3 is 0 Å². The quantitative estimate of drug-likeness (QED) is 0.818. The second-order valence-corrected chi connectivity index (χ2v) is 7.52. The fraction of sp³-hybridized carbons (Fsp3) is 1.00. The monoisotopic (exact) mass is 311 g/mol. The summed E-state index contributed by atoms with van der Waals surface area (Å²) in [5.74, 6) is 0.506. The summed E-state index contributed by atoms with van der Waals surface area (Å²) >= 11 is 0.